The van der Waals surface area contributed by atoms with Crippen molar-refractivity contribution in [3.8, 4) is 0 Å². The van der Waals surface area contributed by atoms with Gasteiger partial charge in [0, 0.05) is 16.6 Å². The molecule has 1 saturated heterocycles. The molecular weight excluding hydrogens is 336 g/mol. The van der Waals surface area contributed by atoms with E-state index in [0.717, 1.165) is 17.6 Å². The quantitative estimate of drug-likeness (QED) is 0.682. The molecule has 4 atom stereocenters. The number of H-pyrrole nitrogens is 1. The van der Waals surface area contributed by atoms with Crippen molar-refractivity contribution < 1.29 is 9.59 Å². The normalized spacial score (nSPS) is 27.1. The van der Waals surface area contributed by atoms with Gasteiger partial charge in [-0.1, -0.05) is 56.7 Å². The van der Waals surface area contributed by atoms with Crippen molar-refractivity contribution in [3.05, 3.63) is 65.9 Å². The Labute approximate surface area is 158 Å². The number of carbonyl (C=O) groups excluding carboxylic acids is 2. The maximum atomic E-state index is 13.4. The van der Waals surface area contributed by atoms with Crippen LogP contribution in [0.1, 0.15) is 43.4 Å². The standard InChI is InChI=1S/C23H22N2O2/c1-3-15-13(2)18-16-11-7-8-12-17(16)24-21(18)20-19(15)22(26)25(23(20)27)14-9-5-4-6-10-14/h4-13,15,19-20,24H,3H2,1-2H3/t13-,15-,19-,20+/m1/s1. The fourth-order valence-electron chi connectivity index (χ4n) is 5.31. The van der Waals surface area contributed by atoms with Crippen LogP contribution in [0.3, 0.4) is 0 Å². The average Bonchev–Trinajstić information content (AvgIpc) is 3.19. The Kier molecular flexibility index (Phi) is 3.51. The van der Waals surface area contributed by atoms with Gasteiger partial charge in [0.15, 0.2) is 0 Å². The van der Waals surface area contributed by atoms with Crippen LogP contribution in [0, 0.1) is 11.8 Å². The van der Waals surface area contributed by atoms with E-state index in [4.69, 9.17) is 0 Å². The third-order valence-corrected chi connectivity index (χ3v) is 6.48. The Hall–Kier alpha value is -2.88. The van der Waals surface area contributed by atoms with Gasteiger partial charge in [-0.05, 0) is 35.6 Å². The number of anilines is 1. The van der Waals surface area contributed by atoms with Gasteiger partial charge in [0.2, 0.25) is 11.8 Å². The highest BCUT2D eigenvalue weighted by molar-refractivity contribution is 6.24. The molecule has 2 aliphatic rings. The maximum absolute atomic E-state index is 13.4. The molecule has 0 bridgehead atoms. The van der Waals surface area contributed by atoms with Crippen molar-refractivity contribution in [3.63, 3.8) is 0 Å². The minimum absolute atomic E-state index is 0.0563. The van der Waals surface area contributed by atoms with E-state index in [1.165, 1.54) is 15.8 Å². The Morgan fingerprint density at radius 1 is 0.963 bits per heavy atom. The van der Waals surface area contributed by atoms with Gasteiger partial charge in [-0.2, -0.15) is 0 Å². The Morgan fingerprint density at radius 2 is 1.67 bits per heavy atom. The van der Waals surface area contributed by atoms with Crippen molar-refractivity contribution in [1.82, 2.24) is 4.98 Å². The van der Waals surface area contributed by atoms with Crippen LogP contribution in [0.5, 0.6) is 0 Å². The van der Waals surface area contributed by atoms with Gasteiger partial charge in [-0.15, -0.1) is 0 Å². The predicted octanol–water partition coefficient (Wildman–Crippen LogP) is 4.58. The Balaban J connectivity index is 1.73. The molecule has 1 aliphatic carbocycles. The van der Waals surface area contributed by atoms with Crippen LogP contribution in [-0.2, 0) is 9.59 Å². The lowest BCUT2D eigenvalue weighted by molar-refractivity contribution is -0.123. The van der Waals surface area contributed by atoms with Gasteiger partial charge in [0.05, 0.1) is 17.5 Å². The zero-order valence-corrected chi connectivity index (χ0v) is 15.5. The van der Waals surface area contributed by atoms with E-state index in [1.807, 2.05) is 48.5 Å². The van der Waals surface area contributed by atoms with Gasteiger partial charge in [-0.25, -0.2) is 4.90 Å². The predicted molar refractivity (Wildman–Crippen MR) is 106 cm³/mol. The van der Waals surface area contributed by atoms with E-state index >= 15 is 0 Å². The Morgan fingerprint density at radius 3 is 2.41 bits per heavy atom. The molecule has 4 heteroatoms. The molecule has 0 saturated carbocycles. The number of nitrogens with one attached hydrogen (secondary N) is 1. The van der Waals surface area contributed by atoms with Gasteiger partial charge in [0.1, 0.15) is 0 Å². The van der Waals surface area contributed by atoms with Crippen LogP contribution in [0.2, 0.25) is 0 Å². The van der Waals surface area contributed by atoms with Crippen LogP contribution in [0.25, 0.3) is 10.9 Å². The summed E-state index contributed by atoms with van der Waals surface area (Å²) in [5, 5.41) is 1.18. The van der Waals surface area contributed by atoms with Gasteiger partial charge >= 0.3 is 0 Å². The lowest BCUT2D eigenvalue weighted by Gasteiger charge is -2.35. The summed E-state index contributed by atoms with van der Waals surface area (Å²) in [6.45, 7) is 4.33. The number of carbonyl (C=O) groups is 2. The number of benzene rings is 2. The number of imide groups is 1. The summed E-state index contributed by atoms with van der Waals surface area (Å²) in [6.07, 6.45) is 0.878. The van der Waals surface area contributed by atoms with Gasteiger partial charge in [0.25, 0.3) is 0 Å². The molecule has 1 aromatic heterocycles. The van der Waals surface area contributed by atoms with Crippen LogP contribution < -0.4 is 4.90 Å². The SMILES string of the molecule is CC[C@H]1[C@H]2C(=O)N(c3ccccc3)C(=O)[C@@H]2c2[nH]c3ccccc3c2[C@@H]1C. The van der Waals surface area contributed by atoms with Crippen LogP contribution in [-0.4, -0.2) is 16.8 Å². The molecule has 136 valence electrons. The first-order valence-corrected chi connectivity index (χ1v) is 9.66. The van der Waals surface area contributed by atoms with E-state index in [0.29, 0.717) is 5.69 Å². The van der Waals surface area contributed by atoms with E-state index in [2.05, 4.69) is 24.9 Å². The minimum atomic E-state index is -0.416. The molecule has 2 amide bonds. The first-order chi connectivity index (χ1) is 13.1. The molecule has 5 rings (SSSR count). The van der Waals surface area contributed by atoms with Gasteiger partial charge in [-0.3, -0.25) is 9.59 Å². The largest absolute Gasteiger partial charge is 0.357 e. The number of aromatic nitrogens is 1. The summed E-state index contributed by atoms with van der Waals surface area (Å²) in [5.74, 6) is -0.477. The highest BCUT2D eigenvalue weighted by atomic mass is 16.2. The second-order valence-corrected chi connectivity index (χ2v) is 7.71. The average molecular weight is 358 g/mol. The van der Waals surface area contributed by atoms with Crippen molar-refractivity contribution in [2.24, 2.45) is 11.8 Å². The summed E-state index contributed by atoms with van der Waals surface area (Å²) < 4.78 is 0. The first-order valence-electron chi connectivity index (χ1n) is 9.66. The summed E-state index contributed by atoms with van der Waals surface area (Å²) in [4.78, 5) is 31.7. The molecule has 3 aromatic rings. The summed E-state index contributed by atoms with van der Waals surface area (Å²) >= 11 is 0. The first kappa shape index (κ1) is 16.3. The number of rotatable bonds is 2. The van der Waals surface area contributed by atoms with Crippen LogP contribution >= 0.6 is 0 Å². The Bertz CT molecular complexity index is 1050. The molecule has 0 radical (unpaired) electrons. The van der Waals surface area contributed by atoms with E-state index < -0.39 is 5.92 Å². The van der Waals surface area contributed by atoms with Crippen molar-refractivity contribution in [2.45, 2.75) is 32.1 Å². The molecule has 2 heterocycles. The molecule has 2 aromatic carbocycles. The van der Waals surface area contributed by atoms with E-state index in [1.54, 1.807) is 0 Å². The van der Waals surface area contributed by atoms with E-state index in [-0.39, 0.29) is 29.6 Å². The maximum Gasteiger partial charge on any atom is 0.243 e. The fraction of sp³-hybridized carbons (Fsp3) is 0.304. The molecular formula is C23H22N2O2. The fourth-order valence-corrected chi connectivity index (χ4v) is 5.31. The number of fused-ring (bicyclic) bond motifs is 5. The molecule has 0 spiro atoms. The van der Waals surface area contributed by atoms with Crippen LogP contribution in [0.15, 0.2) is 54.6 Å². The van der Waals surface area contributed by atoms with Gasteiger partial charge < -0.3 is 4.98 Å². The zero-order chi connectivity index (χ0) is 18.7. The highest BCUT2D eigenvalue weighted by Gasteiger charge is 2.57. The monoisotopic (exact) mass is 358 g/mol. The number of amides is 2. The number of nitrogens with zero attached hydrogens (tertiary/aromatic N) is 1. The second kappa shape index (κ2) is 5.81. The van der Waals surface area contributed by atoms with Crippen LogP contribution in [0.4, 0.5) is 5.69 Å². The van der Waals surface area contributed by atoms with Crippen molar-refractivity contribution >= 4 is 28.4 Å². The smallest absolute Gasteiger partial charge is 0.243 e. The van der Waals surface area contributed by atoms with Crippen molar-refractivity contribution in [1.29, 1.82) is 0 Å². The molecule has 27 heavy (non-hydrogen) atoms. The zero-order valence-electron chi connectivity index (χ0n) is 15.5. The number of hydrogen-bond acceptors (Lipinski definition) is 2. The third kappa shape index (κ3) is 2.10. The number of para-hydroxylation sites is 2. The summed E-state index contributed by atoms with van der Waals surface area (Å²) in [7, 11) is 0. The molecule has 1 fully saturated rings. The van der Waals surface area contributed by atoms with E-state index in [9.17, 15) is 9.59 Å². The molecule has 1 aliphatic heterocycles. The second-order valence-electron chi connectivity index (χ2n) is 7.71. The molecule has 0 unspecified atom stereocenters. The minimum Gasteiger partial charge on any atom is -0.357 e. The lowest BCUT2D eigenvalue weighted by atomic mass is 9.66. The molecule has 1 N–H and O–H groups in total. The van der Waals surface area contributed by atoms with Crippen molar-refractivity contribution in [2.75, 3.05) is 4.90 Å². The summed E-state index contributed by atoms with van der Waals surface area (Å²) in [5.41, 5.74) is 3.87. The summed E-state index contributed by atoms with van der Waals surface area (Å²) in [6, 6.07) is 17.5. The highest BCUT2D eigenvalue weighted by Crippen LogP contribution is 2.54. The topological polar surface area (TPSA) is 53.2 Å². The number of aromatic amines is 1. The lowest BCUT2D eigenvalue weighted by Crippen LogP contribution is -2.34. The molecule has 4 nitrogen and oxygen atoms in total. The third-order valence-electron chi connectivity index (χ3n) is 6.48. The number of hydrogen-bond donors (Lipinski definition) is 1.